The SMILES string of the molecule is CCn1cc(-c2n[nH]c(=S)n2/N=C/c2ccc(Cl)cc2)c(=O)c2ccc(C)nc21. The zero-order valence-electron chi connectivity index (χ0n) is 15.8. The first-order valence-electron chi connectivity index (χ1n) is 8.96. The quantitative estimate of drug-likeness (QED) is 0.393. The van der Waals surface area contributed by atoms with Crippen LogP contribution in [0.1, 0.15) is 18.2 Å². The van der Waals surface area contributed by atoms with Crippen molar-refractivity contribution in [2.45, 2.75) is 20.4 Å². The van der Waals surface area contributed by atoms with Gasteiger partial charge < -0.3 is 4.57 Å². The monoisotopic (exact) mass is 424 g/mol. The number of rotatable bonds is 4. The van der Waals surface area contributed by atoms with E-state index in [2.05, 4.69) is 20.3 Å². The molecule has 4 rings (SSSR count). The summed E-state index contributed by atoms with van der Waals surface area (Å²) in [6.45, 7) is 4.54. The number of aromatic nitrogens is 5. The average Bonchev–Trinajstić information content (AvgIpc) is 3.08. The largest absolute Gasteiger partial charge is 0.332 e. The number of nitrogens with one attached hydrogen (secondary N) is 1. The van der Waals surface area contributed by atoms with Crippen LogP contribution in [0.5, 0.6) is 0 Å². The van der Waals surface area contributed by atoms with Gasteiger partial charge in [-0.1, -0.05) is 23.7 Å². The van der Waals surface area contributed by atoms with Crippen molar-refractivity contribution in [3.05, 3.63) is 73.9 Å². The molecule has 3 aromatic heterocycles. The van der Waals surface area contributed by atoms with E-state index in [4.69, 9.17) is 23.8 Å². The molecule has 0 atom stereocenters. The molecule has 9 heteroatoms. The van der Waals surface area contributed by atoms with Crippen LogP contribution < -0.4 is 5.43 Å². The number of aryl methyl sites for hydroxylation is 2. The van der Waals surface area contributed by atoms with Gasteiger partial charge in [0, 0.05) is 23.5 Å². The second kappa shape index (κ2) is 7.73. The Morgan fingerprint density at radius 2 is 2.00 bits per heavy atom. The molecular weight excluding hydrogens is 408 g/mol. The van der Waals surface area contributed by atoms with E-state index in [1.54, 1.807) is 30.6 Å². The molecule has 0 saturated carbocycles. The first kappa shape index (κ1) is 19.2. The number of aromatic amines is 1. The number of halogens is 1. The molecule has 0 spiro atoms. The number of hydrogen-bond acceptors (Lipinski definition) is 5. The van der Waals surface area contributed by atoms with Crippen LogP contribution in [-0.4, -0.2) is 30.6 Å². The molecule has 0 bridgehead atoms. The van der Waals surface area contributed by atoms with E-state index in [0.29, 0.717) is 34.0 Å². The fourth-order valence-electron chi connectivity index (χ4n) is 3.01. The third-order valence-electron chi connectivity index (χ3n) is 4.48. The third kappa shape index (κ3) is 3.64. The lowest BCUT2D eigenvalue weighted by molar-refractivity contribution is 0.773. The lowest BCUT2D eigenvalue weighted by Crippen LogP contribution is -2.15. The van der Waals surface area contributed by atoms with Crippen LogP contribution in [0.3, 0.4) is 0 Å². The normalized spacial score (nSPS) is 11.6. The minimum atomic E-state index is -0.172. The van der Waals surface area contributed by atoms with Crippen LogP contribution >= 0.6 is 23.8 Å². The fourth-order valence-corrected chi connectivity index (χ4v) is 3.31. The molecule has 1 aromatic carbocycles. The first-order chi connectivity index (χ1) is 14.0. The van der Waals surface area contributed by atoms with Crippen molar-refractivity contribution >= 4 is 41.1 Å². The maximum absolute atomic E-state index is 13.2. The number of hydrogen-bond donors (Lipinski definition) is 1. The molecule has 29 heavy (non-hydrogen) atoms. The molecule has 4 aromatic rings. The smallest absolute Gasteiger partial charge is 0.216 e. The second-order valence-electron chi connectivity index (χ2n) is 6.44. The number of fused-ring (bicyclic) bond motifs is 1. The van der Waals surface area contributed by atoms with Crippen molar-refractivity contribution in [2.75, 3.05) is 0 Å². The van der Waals surface area contributed by atoms with E-state index < -0.39 is 0 Å². The molecule has 1 N–H and O–H groups in total. The summed E-state index contributed by atoms with van der Waals surface area (Å²) in [7, 11) is 0. The topological polar surface area (TPSA) is 80.9 Å². The van der Waals surface area contributed by atoms with E-state index in [0.717, 1.165) is 11.3 Å². The maximum Gasteiger partial charge on any atom is 0.216 e. The van der Waals surface area contributed by atoms with Crippen molar-refractivity contribution in [2.24, 2.45) is 5.10 Å². The summed E-state index contributed by atoms with van der Waals surface area (Å²) in [6, 6.07) is 10.8. The zero-order valence-corrected chi connectivity index (χ0v) is 17.3. The number of nitrogens with zero attached hydrogens (tertiary/aromatic N) is 5. The number of benzene rings is 1. The van der Waals surface area contributed by atoms with Crippen LogP contribution in [0.25, 0.3) is 22.4 Å². The molecule has 0 aliphatic rings. The second-order valence-corrected chi connectivity index (χ2v) is 7.27. The highest BCUT2D eigenvalue weighted by molar-refractivity contribution is 7.71. The highest BCUT2D eigenvalue weighted by atomic mass is 35.5. The molecule has 0 saturated heterocycles. The van der Waals surface area contributed by atoms with Crippen LogP contribution in [0, 0.1) is 11.7 Å². The van der Waals surface area contributed by atoms with E-state index >= 15 is 0 Å². The van der Waals surface area contributed by atoms with Crippen LogP contribution in [0.2, 0.25) is 5.02 Å². The van der Waals surface area contributed by atoms with Crippen molar-refractivity contribution in [3.8, 4) is 11.4 Å². The highest BCUT2D eigenvalue weighted by Gasteiger charge is 2.17. The van der Waals surface area contributed by atoms with Gasteiger partial charge in [0.2, 0.25) is 10.2 Å². The van der Waals surface area contributed by atoms with Crippen LogP contribution in [0.15, 0.2) is 52.5 Å². The third-order valence-corrected chi connectivity index (χ3v) is 5.00. The molecule has 0 aliphatic carbocycles. The Labute approximate surface area is 176 Å². The van der Waals surface area contributed by atoms with Gasteiger partial charge in [-0.15, -0.1) is 0 Å². The van der Waals surface area contributed by atoms with Gasteiger partial charge in [-0.25, -0.2) is 10.1 Å². The van der Waals surface area contributed by atoms with E-state index in [-0.39, 0.29) is 10.2 Å². The summed E-state index contributed by atoms with van der Waals surface area (Å²) in [6.07, 6.45) is 3.38. The summed E-state index contributed by atoms with van der Waals surface area (Å²) in [5.41, 5.74) is 2.56. The van der Waals surface area contributed by atoms with Crippen molar-refractivity contribution < 1.29 is 0 Å². The van der Waals surface area contributed by atoms with Crippen molar-refractivity contribution in [1.29, 1.82) is 0 Å². The van der Waals surface area contributed by atoms with Crippen molar-refractivity contribution in [3.63, 3.8) is 0 Å². The van der Waals surface area contributed by atoms with Gasteiger partial charge in [0.05, 0.1) is 17.2 Å². The molecule has 0 radical (unpaired) electrons. The Morgan fingerprint density at radius 1 is 1.24 bits per heavy atom. The minimum Gasteiger partial charge on any atom is -0.332 e. The van der Waals surface area contributed by atoms with Gasteiger partial charge in [0.15, 0.2) is 5.82 Å². The lowest BCUT2D eigenvalue weighted by Gasteiger charge is -2.11. The van der Waals surface area contributed by atoms with Crippen LogP contribution in [0.4, 0.5) is 0 Å². The average molecular weight is 425 g/mol. The summed E-state index contributed by atoms with van der Waals surface area (Å²) < 4.78 is 3.65. The Bertz CT molecular complexity index is 1350. The molecule has 0 aliphatic heterocycles. The Hall–Kier alpha value is -3.10. The van der Waals surface area contributed by atoms with E-state index in [1.807, 2.05) is 36.6 Å². The van der Waals surface area contributed by atoms with Gasteiger partial charge in [-0.3, -0.25) is 4.79 Å². The van der Waals surface area contributed by atoms with Crippen molar-refractivity contribution in [1.82, 2.24) is 24.4 Å². The van der Waals surface area contributed by atoms with Gasteiger partial charge in [0.1, 0.15) is 5.65 Å². The van der Waals surface area contributed by atoms with Gasteiger partial charge in [0.25, 0.3) is 0 Å². The number of H-pyrrole nitrogens is 1. The van der Waals surface area contributed by atoms with Gasteiger partial charge in [-0.05, 0) is 55.9 Å². The van der Waals surface area contributed by atoms with Gasteiger partial charge >= 0.3 is 0 Å². The number of pyridine rings is 2. The Balaban J connectivity index is 1.88. The summed E-state index contributed by atoms with van der Waals surface area (Å²) in [4.78, 5) is 17.7. The predicted octanol–water partition coefficient (Wildman–Crippen LogP) is 4.18. The molecule has 146 valence electrons. The first-order valence-corrected chi connectivity index (χ1v) is 9.75. The predicted molar refractivity (Wildman–Crippen MR) is 117 cm³/mol. The Kier molecular flexibility index (Phi) is 5.12. The molecular formula is C20H17ClN6OS. The Morgan fingerprint density at radius 3 is 2.72 bits per heavy atom. The zero-order chi connectivity index (χ0) is 20.5. The van der Waals surface area contributed by atoms with E-state index in [9.17, 15) is 4.79 Å². The standard InChI is InChI=1S/C20H17ClN6OS/c1-3-26-11-16(17(28)15-9-4-12(2)23-18(15)26)19-24-25-20(29)27(19)22-10-13-5-7-14(21)8-6-13/h4-11H,3H2,1-2H3,(H,25,29)/b22-10+. The maximum atomic E-state index is 13.2. The molecule has 7 nitrogen and oxygen atoms in total. The lowest BCUT2D eigenvalue weighted by atomic mass is 10.1. The molecule has 0 amide bonds. The minimum absolute atomic E-state index is 0.172. The fraction of sp³-hybridized carbons (Fsp3) is 0.150. The highest BCUT2D eigenvalue weighted by Crippen LogP contribution is 2.18. The summed E-state index contributed by atoms with van der Waals surface area (Å²) in [5, 5.41) is 12.6. The molecule has 3 heterocycles. The molecule has 0 unspecified atom stereocenters. The molecule has 0 fully saturated rings. The van der Waals surface area contributed by atoms with Crippen LogP contribution in [-0.2, 0) is 6.54 Å². The van der Waals surface area contributed by atoms with Gasteiger partial charge in [-0.2, -0.15) is 14.9 Å². The summed E-state index contributed by atoms with van der Waals surface area (Å²) >= 11 is 11.2. The summed E-state index contributed by atoms with van der Waals surface area (Å²) in [5.74, 6) is 0.342. The van der Waals surface area contributed by atoms with E-state index in [1.165, 1.54) is 4.68 Å².